The minimum absolute atomic E-state index is 0.339. The van der Waals surface area contributed by atoms with Crippen LogP contribution in [0, 0.1) is 19.7 Å². The first-order valence-electron chi connectivity index (χ1n) is 5.53. The number of aliphatic hydroxyl groups excluding tert-OH is 1. The fourth-order valence-electron chi connectivity index (χ4n) is 1.89. The van der Waals surface area contributed by atoms with E-state index in [4.69, 9.17) is 4.74 Å². The minimum Gasteiger partial charge on any atom is -0.386 e. The van der Waals surface area contributed by atoms with E-state index in [0.29, 0.717) is 12.2 Å². The summed E-state index contributed by atoms with van der Waals surface area (Å²) >= 11 is 0. The normalized spacial score (nSPS) is 14.9. The Balaban J connectivity index is 3.03. The van der Waals surface area contributed by atoms with Gasteiger partial charge in [-0.3, -0.25) is 0 Å². The van der Waals surface area contributed by atoms with Crippen LogP contribution in [0.3, 0.4) is 0 Å². The molecular formula is C13H19FO2. The molecule has 16 heavy (non-hydrogen) atoms. The highest BCUT2D eigenvalue weighted by Crippen LogP contribution is 2.26. The van der Waals surface area contributed by atoms with Crippen LogP contribution < -0.4 is 0 Å². The molecule has 0 radical (unpaired) electrons. The number of hydrogen-bond acceptors (Lipinski definition) is 2. The molecule has 0 spiro atoms. The van der Waals surface area contributed by atoms with E-state index in [9.17, 15) is 9.50 Å². The van der Waals surface area contributed by atoms with Gasteiger partial charge in [-0.15, -0.1) is 0 Å². The van der Waals surface area contributed by atoms with Crippen molar-refractivity contribution in [2.45, 2.75) is 39.9 Å². The van der Waals surface area contributed by atoms with Gasteiger partial charge >= 0.3 is 0 Å². The summed E-state index contributed by atoms with van der Waals surface area (Å²) in [5.74, 6) is -0.364. The molecule has 0 aliphatic heterocycles. The van der Waals surface area contributed by atoms with Crippen LogP contribution in [0.25, 0.3) is 0 Å². The molecular weight excluding hydrogens is 207 g/mol. The van der Waals surface area contributed by atoms with Crippen molar-refractivity contribution in [3.8, 4) is 0 Å². The average Bonchev–Trinajstić information content (AvgIpc) is 2.16. The van der Waals surface area contributed by atoms with Crippen LogP contribution in [0.15, 0.2) is 12.1 Å². The van der Waals surface area contributed by atoms with E-state index in [-0.39, 0.29) is 5.82 Å². The summed E-state index contributed by atoms with van der Waals surface area (Å²) in [5.41, 5.74) is 1.96. The van der Waals surface area contributed by atoms with E-state index in [1.165, 1.54) is 6.07 Å². The topological polar surface area (TPSA) is 29.5 Å². The van der Waals surface area contributed by atoms with Gasteiger partial charge in [-0.2, -0.15) is 0 Å². The molecule has 0 aliphatic carbocycles. The molecule has 1 rings (SSSR count). The van der Waals surface area contributed by atoms with Crippen molar-refractivity contribution in [2.24, 2.45) is 0 Å². The van der Waals surface area contributed by atoms with E-state index in [1.54, 1.807) is 13.8 Å². The van der Waals surface area contributed by atoms with Crippen molar-refractivity contribution in [1.82, 2.24) is 0 Å². The second-order valence-corrected chi connectivity index (χ2v) is 4.08. The highest BCUT2D eigenvalue weighted by atomic mass is 19.1. The maximum absolute atomic E-state index is 13.7. The fraction of sp³-hybridized carbons (Fsp3) is 0.538. The number of hydrogen-bond donors (Lipinski definition) is 1. The minimum atomic E-state index is -0.916. The quantitative estimate of drug-likeness (QED) is 0.855. The van der Waals surface area contributed by atoms with Crippen LogP contribution in [-0.2, 0) is 4.74 Å². The Morgan fingerprint density at radius 2 is 2.00 bits per heavy atom. The molecule has 0 aromatic heterocycles. The van der Waals surface area contributed by atoms with Gasteiger partial charge in [0.05, 0.1) is 6.10 Å². The maximum Gasteiger partial charge on any atom is 0.129 e. The summed E-state index contributed by atoms with van der Waals surface area (Å²) in [5, 5.41) is 10.0. The zero-order chi connectivity index (χ0) is 12.3. The Labute approximate surface area is 96.1 Å². The molecule has 2 nitrogen and oxygen atoms in total. The summed E-state index contributed by atoms with van der Waals surface area (Å²) in [6.45, 7) is 7.73. The molecule has 2 atom stereocenters. The van der Waals surface area contributed by atoms with Crippen LogP contribution >= 0.6 is 0 Å². The summed E-state index contributed by atoms with van der Waals surface area (Å²) in [6, 6.07) is 3.30. The summed E-state index contributed by atoms with van der Waals surface area (Å²) < 4.78 is 19.0. The predicted molar refractivity (Wildman–Crippen MR) is 61.9 cm³/mol. The number of rotatable bonds is 4. The van der Waals surface area contributed by atoms with Gasteiger partial charge < -0.3 is 9.84 Å². The van der Waals surface area contributed by atoms with Gasteiger partial charge in [-0.25, -0.2) is 4.39 Å². The molecule has 0 heterocycles. The lowest BCUT2D eigenvalue weighted by atomic mass is 9.97. The van der Waals surface area contributed by atoms with E-state index in [0.717, 1.165) is 11.1 Å². The summed E-state index contributed by atoms with van der Waals surface area (Å²) in [7, 11) is 0. The van der Waals surface area contributed by atoms with Crippen molar-refractivity contribution in [3.63, 3.8) is 0 Å². The van der Waals surface area contributed by atoms with Gasteiger partial charge in [0.2, 0.25) is 0 Å². The average molecular weight is 226 g/mol. The van der Waals surface area contributed by atoms with Crippen LogP contribution in [-0.4, -0.2) is 17.8 Å². The molecule has 3 heteroatoms. The SMILES string of the molecule is CCOC(C)C(O)c1c(C)cc(C)cc1F. The summed E-state index contributed by atoms with van der Waals surface area (Å²) in [4.78, 5) is 0. The van der Waals surface area contributed by atoms with Gasteiger partial charge in [-0.1, -0.05) is 6.07 Å². The van der Waals surface area contributed by atoms with E-state index >= 15 is 0 Å². The molecule has 0 saturated heterocycles. The van der Waals surface area contributed by atoms with Crippen LogP contribution in [0.5, 0.6) is 0 Å². The number of aliphatic hydroxyl groups is 1. The third kappa shape index (κ3) is 2.80. The number of aryl methyl sites for hydroxylation is 2. The van der Waals surface area contributed by atoms with Crippen LogP contribution in [0.2, 0.25) is 0 Å². The molecule has 0 fully saturated rings. The monoisotopic (exact) mass is 226 g/mol. The van der Waals surface area contributed by atoms with Crippen LogP contribution in [0.1, 0.15) is 36.6 Å². The lowest BCUT2D eigenvalue weighted by Gasteiger charge is -2.21. The van der Waals surface area contributed by atoms with Gasteiger partial charge in [0.15, 0.2) is 0 Å². The number of benzene rings is 1. The highest BCUT2D eigenvalue weighted by Gasteiger charge is 2.22. The number of halogens is 1. The Bertz CT molecular complexity index is 340. The van der Waals surface area contributed by atoms with Gasteiger partial charge in [0.25, 0.3) is 0 Å². The Morgan fingerprint density at radius 3 is 2.50 bits per heavy atom. The van der Waals surface area contributed by atoms with Gasteiger partial charge in [-0.05, 0) is 44.9 Å². The highest BCUT2D eigenvalue weighted by molar-refractivity contribution is 5.34. The molecule has 1 aromatic rings. The van der Waals surface area contributed by atoms with E-state index in [1.807, 2.05) is 19.9 Å². The van der Waals surface area contributed by atoms with Crippen molar-refractivity contribution in [3.05, 3.63) is 34.6 Å². The fourth-order valence-corrected chi connectivity index (χ4v) is 1.89. The van der Waals surface area contributed by atoms with E-state index in [2.05, 4.69) is 0 Å². The lowest BCUT2D eigenvalue weighted by molar-refractivity contribution is -0.0245. The first kappa shape index (κ1) is 13.1. The Morgan fingerprint density at radius 1 is 1.38 bits per heavy atom. The third-order valence-electron chi connectivity index (χ3n) is 2.65. The Hall–Kier alpha value is -0.930. The molecule has 0 amide bonds. The zero-order valence-corrected chi connectivity index (χ0v) is 10.2. The largest absolute Gasteiger partial charge is 0.386 e. The Kier molecular flexibility index (Phi) is 4.44. The lowest BCUT2D eigenvalue weighted by Crippen LogP contribution is -2.20. The second-order valence-electron chi connectivity index (χ2n) is 4.08. The van der Waals surface area contributed by atoms with Crippen LogP contribution in [0.4, 0.5) is 4.39 Å². The van der Waals surface area contributed by atoms with Crippen molar-refractivity contribution in [2.75, 3.05) is 6.61 Å². The first-order valence-corrected chi connectivity index (χ1v) is 5.53. The molecule has 90 valence electrons. The number of ether oxygens (including phenoxy) is 1. The molecule has 1 aromatic carbocycles. The molecule has 2 unspecified atom stereocenters. The molecule has 1 N–H and O–H groups in total. The van der Waals surface area contributed by atoms with Gasteiger partial charge in [0.1, 0.15) is 11.9 Å². The third-order valence-corrected chi connectivity index (χ3v) is 2.65. The maximum atomic E-state index is 13.7. The van der Waals surface area contributed by atoms with E-state index < -0.39 is 12.2 Å². The van der Waals surface area contributed by atoms with Crippen molar-refractivity contribution >= 4 is 0 Å². The molecule has 0 bridgehead atoms. The summed E-state index contributed by atoms with van der Waals surface area (Å²) in [6.07, 6.45) is -1.32. The molecule has 0 saturated carbocycles. The second kappa shape index (κ2) is 5.41. The zero-order valence-electron chi connectivity index (χ0n) is 10.2. The van der Waals surface area contributed by atoms with Gasteiger partial charge in [0, 0.05) is 12.2 Å². The smallest absolute Gasteiger partial charge is 0.129 e. The van der Waals surface area contributed by atoms with Crippen molar-refractivity contribution in [1.29, 1.82) is 0 Å². The first-order chi connectivity index (χ1) is 7.47. The predicted octanol–water partition coefficient (Wildman–Crippen LogP) is 2.90. The van der Waals surface area contributed by atoms with Crippen molar-refractivity contribution < 1.29 is 14.2 Å². The standard InChI is InChI=1S/C13H19FO2/c1-5-16-10(4)13(15)12-9(3)6-8(2)7-11(12)14/h6-7,10,13,15H,5H2,1-4H3. The molecule has 0 aliphatic rings.